The van der Waals surface area contributed by atoms with Gasteiger partial charge in [-0.25, -0.2) is 8.42 Å². The van der Waals surface area contributed by atoms with E-state index in [0.29, 0.717) is 18.8 Å². The number of halogens is 1. The Balaban J connectivity index is 2.17. The molecule has 12 heteroatoms. The Bertz CT molecular complexity index is 1160. The highest BCUT2D eigenvalue weighted by molar-refractivity contribution is 7.89. The van der Waals surface area contributed by atoms with Gasteiger partial charge in [0.1, 0.15) is 11.1 Å². The number of rotatable bonds is 10. The molecule has 0 saturated carbocycles. The van der Waals surface area contributed by atoms with Gasteiger partial charge in [0.05, 0.1) is 9.82 Å². The molecule has 0 aliphatic heterocycles. The van der Waals surface area contributed by atoms with Gasteiger partial charge in [0.15, 0.2) is 0 Å². The van der Waals surface area contributed by atoms with Gasteiger partial charge in [-0.05, 0) is 42.3 Å². The molecule has 0 fully saturated rings. The number of benzene rings is 2. The largest absolute Gasteiger partial charge is 0.340 e. The molecule has 1 unspecified atom stereocenters. The number of carbonyl (C=O) groups excluding carboxylic acids is 2. The number of hydrogen-bond donors (Lipinski definition) is 2. The molecule has 2 aromatic rings. The molecule has 0 radical (unpaired) electrons. The van der Waals surface area contributed by atoms with Crippen molar-refractivity contribution in [2.75, 3.05) is 18.4 Å². The van der Waals surface area contributed by atoms with E-state index >= 15 is 0 Å². The first-order chi connectivity index (χ1) is 15.9. The first-order valence-corrected chi connectivity index (χ1v) is 12.4. The highest BCUT2D eigenvalue weighted by Crippen LogP contribution is 2.25. The predicted molar refractivity (Wildman–Crippen MR) is 129 cm³/mol. The van der Waals surface area contributed by atoms with Crippen LogP contribution in [-0.4, -0.2) is 48.6 Å². The van der Waals surface area contributed by atoms with E-state index < -0.39 is 38.5 Å². The summed E-state index contributed by atoms with van der Waals surface area (Å²) in [6, 6.07) is 8.40. The van der Waals surface area contributed by atoms with Crippen molar-refractivity contribution in [3.05, 3.63) is 63.2 Å². The third-order valence-electron chi connectivity index (χ3n) is 5.11. The lowest BCUT2D eigenvalue weighted by Gasteiger charge is -2.22. The molecule has 1 atom stereocenters. The van der Waals surface area contributed by atoms with Crippen LogP contribution in [0.2, 0.25) is 5.02 Å². The van der Waals surface area contributed by atoms with Gasteiger partial charge >= 0.3 is 0 Å². The fourth-order valence-electron chi connectivity index (χ4n) is 3.20. The topological polar surface area (TPSA) is 139 Å². The van der Waals surface area contributed by atoms with E-state index in [4.69, 9.17) is 11.6 Å². The van der Waals surface area contributed by atoms with Gasteiger partial charge < -0.3 is 10.6 Å². The Kier molecular flexibility index (Phi) is 9.14. The number of nitrogens with zero attached hydrogens (tertiary/aromatic N) is 2. The van der Waals surface area contributed by atoms with E-state index in [1.165, 1.54) is 40.7 Å². The third-order valence-corrected chi connectivity index (χ3v) is 7.49. The smallest absolute Gasteiger partial charge is 0.288 e. The number of sulfonamides is 1. The average Bonchev–Trinajstić information content (AvgIpc) is 2.78. The van der Waals surface area contributed by atoms with Gasteiger partial charge in [0, 0.05) is 30.4 Å². The van der Waals surface area contributed by atoms with E-state index in [0.717, 1.165) is 6.07 Å². The minimum absolute atomic E-state index is 0.0134. The van der Waals surface area contributed by atoms with Crippen LogP contribution in [0.15, 0.2) is 47.4 Å². The Labute approximate surface area is 203 Å². The molecule has 2 aromatic carbocycles. The van der Waals surface area contributed by atoms with Crippen LogP contribution in [0, 0.1) is 16.0 Å². The fraction of sp³-hybridized carbons (Fsp3) is 0.364. The fourth-order valence-corrected chi connectivity index (χ4v) is 4.84. The van der Waals surface area contributed by atoms with E-state index in [1.54, 1.807) is 27.7 Å². The molecule has 10 nitrogen and oxygen atoms in total. The Hall–Kier alpha value is -3.02. The van der Waals surface area contributed by atoms with Crippen molar-refractivity contribution < 1.29 is 22.9 Å². The summed E-state index contributed by atoms with van der Waals surface area (Å²) >= 11 is 5.79. The number of nitrogens with one attached hydrogen (secondary N) is 2. The molecule has 2 N–H and O–H groups in total. The maximum absolute atomic E-state index is 12.9. The molecule has 0 spiro atoms. The quantitative estimate of drug-likeness (QED) is 0.369. The average molecular weight is 511 g/mol. The Morgan fingerprint density at radius 3 is 2.18 bits per heavy atom. The molecule has 0 aliphatic rings. The summed E-state index contributed by atoms with van der Waals surface area (Å²) in [5.74, 6) is -1.51. The van der Waals surface area contributed by atoms with E-state index in [2.05, 4.69) is 10.6 Å². The lowest BCUT2D eigenvalue weighted by atomic mass is 10.0. The molecule has 0 aromatic heterocycles. The molecule has 2 amide bonds. The summed E-state index contributed by atoms with van der Waals surface area (Å²) in [6.45, 7) is 7.63. The minimum Gasteiger partial charge on any atom is -0.340 e. The highest BCUT2D eigenvalue weighted by Gasteiger charge is 2.26. The Morgan fingerprint density at radius 1 is 1.09 bits per heavy atom. The van der Waals surface area contributed by atoms with Gasteiger partial charge in [0.25, 0.3) is 11.6 Å². The maximum Gasteiger partial charge on any atom is 0.288 e. The van der Waals surface area contributed by atoms with Crippen molar-refractivity contribution in [3.8, 4) is 0 Å². The number of hydrogen-bond acceptors (Lipinski definition) is 6. The second kappa shape index (κ2) is 11.4. The van der Waals surface area contributed by atoms with Crippen molar-refractivity contribution in [1.82, 2.24) is 9.62 Å². The summed E-state index contributed by atoms with van der Waals surface area (Å²) in [7, 11) is -3.63. The maximum atomic E-state index is 12.9. The molecule has 0 saturated heterocycles. The number of nitro benzene ring substituents is 1. The minimum atomic E-state index is -3.63. The van der Waals surface area contributed by atoms with Crippen LogP contribution < -0.4 is 10.6 Å². The summed E-state index contributed by atoms with van der Waals surface area (Å²) in [5, 5.41) is 16.2. The SMILES string of the molecule is CCN(CC)S(=O)(=O)c1ccc(NC(=O)C(NC(=O)c2ccc(Cl)c([N+](=O)[O-])c2)C(C)C)cc1. The van der Waals surface area contributed by atoms with Gasteiger partial charge in [-0.1, -0.05) is 39.3 Å². The van der Waals surface area contributed by atoms with Crippen molar-refractivity contribution in [2.24, 2.45) is 5.92 Å². The van der Waals surface area contributed by atoms with Gasteiger partial charge in [-0.2, -0.15) is 4.31 Å². The van der Waals surface area contributed by atoms with Crippen LogP contribution >= 0.6 is 11.6 Å². The zero-order valence-corrected chi connectivity index (χ0v) is 20.8. The van der Waals surface area contributed by atoms with Crippen LogP contribution in [0.3, 0.4) is 0 Å². The molecule has 0 bridgehead atoms. The number of amides is 2. The zero-order valence-electron chi connectivity index (χ0n) is 19.2. The summed E-state index contributed by atoms with van der Waals surface area (Å²) in [4.78, 5) is 36.0. The molecule has 34 heavy (non-hydrogen) atoms. The first kappa shape index (κ1) is 27.2. The van der Waals surface area contributed by atoms with Crippen LogP contribution in [0.4, 0.5) is 11.4 Å². The third kappa shape index (κ3) is 6.31. The standard InChI is InChI=1S/C22H27ClN4O6S/c1-5-26(6-2)34(32,33)17-10-8-16(9-11-17)24-22(29)20(14(3)4)25-21(28)15-7-12-18(23)19(13-15)27(30)31/h7-14,20H,5-6H2,1-4H3,(H,24,29)(H,25,28). The Morgan fingerprint density at radius 2 is 1.68 bits per heavy atom. The highest BCUT2D eigenvalue weighted by atomic mass is 35.5. The van der Waals surface area contributed by atoms with E-state index in [9.17, 15) is 28.1 Å². The molecule has 0 aliphatic carbocycles. The molecule has 2 rings (SSSR count). The normalized spacial score (nSPS) is 12.4. The van der Waals surface area contributed by atoms with Crippen LogP contribution in [0.25, 0.3) is 0 Å². The van der Waals surface area contributed by atoms with E-state index in [1.807, 2.05) is 0 Å². The van der Waals surface area contributed by atoms with Gasteiger partial charge in [-0.15, -0.1) is 0 Å². The van der Waals surface area contributed by atoms with Gasteiger partial charge in [0.2, 0.25) is 15.9 Å². The molecular weight excluding hydrogens is 484 g/mol. The van der Waals surface area contributed by atoms with Gasteiger partial charge in [-0.3, -0.25) is 19.7 Å². The first-order valence-electron chi connectivity index (χ1n) is 10.6. The molecule has 0 heterocycles. The number of nitro groups is 1. The summed E-state index contributed by atoms with van der Waals surface area (Å²) in [5.41, 5.74) is -0.0781. The van der Waals surface area contributed by atoms with Crippen LogP contribution in [-0.2, 0) is 14.8 Å². The summed E-state index contributed by atoms with van der Waals surface area (Å²) in [6.07, 6.45) is 0. The lowest BCUT2D eigenvalue weighted by molar-refractivity contribution is -0.384. The second-order valence-corrected chi connectivity index (χ2v) is 10.1. The van der Waals surface area contributed by atoms with Crippen molar-refractivity contribution >= 4 is 44.8 Å². The summed E-state index contributed by atoms with van der Waals surface area (Å²) < 4.78 is 26.5. The van der Waals surface area contributed by atoms with Crippen LogP contribution in [0.1, 0.15) is 38.1 Å². The van der Waals surface area contributed by atoms with Crippen molar-refractivity contribution in [3.63, 3.8) is 0 Å². The zero-order chi connectivity index (χ0) is 25.6. The number of carbonyl (C=O) groups is 2. The van der Waals surface area contributed by atoms with Crippen LogP contribution in [0.5, 0.6) is 0 Å². The number of anilines is 1. The lowest BCUT2D eigenvalue weighted by Crippen LogP contribution is -2.47. The van der Waals surface area contributed by atoms with Crippen molar-refractivity contribution in [2.45, 2.75) is 38.6 Å². The predicted octanol–water partition coefficient (Wildman–Crippen LogP) is 3.67. The molecule has 184 valence electrons. The van der Waals surface area contributed by atoms with E-state index in [-0.39, 0.29) is 21.4 Å². The van der Waals surface area contributed by atoms with Crippen molar-refractivity contribution in [1.29, 1.82) is 0 Å². The monoisotopic (exact) mass is 510 g/mol. The second-order valence-electron chi connectivity index (χ2n) is 7.72. The molecular formula is C22H27ClN4O6S.